The second kappa shape index (κ2) is 10.8. The molecule has 1 saturated heterocycles. The number of amides is 2. The molecule has 2 fully saturated rings. The van der Waals surface area contributed by atoms with Gasteiger partial charge in [0.1, 0.15) is 17.3 Å². The van der Waals surface area contributed by atoms with Crippen LogP contribution in [0, 0.1) is 23.7 Å². The number of nitrogens with zero attached hydrogens (tertiary/aromatic N) is 5. The van der Waals surface area contributed by atoms with E-state index in [4.69, 9.17) is 4.74 Å². The molecule has 38 heavy (non-hydrogen) atoms. The third-order valence-corrected chi connectivity index (χ3v) is 7.10. The molecule has 12 heteroatoms. The van der Waals surface area contributed by atoms with E-state index in [1.807, 2.05) is 6.92 Å². The first kappa shape index (κ1) is 25.7. The number of rotatable bonds is 6. The van der Waals surface area contributed by atoms with Crippen molar-refractivity contribution in [3.8, 4) is 28.7 Å². The molecule has 3 aromatic rings. The lowest BCUT2D eigenvalue weighted by atomic mass is 9.97. The first-order valence-electron chi connectivity index (χ1n) is 12.1. The van der Waals surface area contributed by atoms with Gasteiger partial charge in [0.15, 0.2) is 5.01 Å². The SMILES string of the molecule is COc1cnc(C(F)F)cc1-c1cc(N2CCCC(C)C2=O)ncc1C(=O)Nc1nnc(C#CC2CC2)s1. The number of halogens is 2. The van der Waals surface area contributed by atoms with Crippen molar-refractivity contribution < 1.29 is 23.1 Å². The Kier molecular flexibility index (Phi) is 7.28. The van der Waals surface area contributed by atoms with Crippen LogP contribution in [-0.4, -0.2) is 45.6 Å². The maximum atomic E-state index is 13.6. The Morgan fingerprint density at radius 1 is 1.18 bits per heavy atom. The highest BCUT2D eigenvalue weighted by atomic mass is 32.1. The van der Waals surface area contributed by atoms with Gasteiger partial charge in [-0.05, 0) is 43.7 Å². The number of pyridine rings is 2. The molecule has 2 aliphatic rings. The lowest BCUT2D eigenvalue weighted by Gasteiger charge is -2.30. The third kappa shape index (κ3) is 5.47. The highest BCUT2D eigenvalue weighted by Crippen LogP contribution is 2.37. The van der Waals surface area contributed by atoms with Gasteiger partial charge in [0.25, 0.3) is 12.3 Å². The molecule has 1 aliphatic carbocycles. The Morgan fingerprint density at radius 3 is 2.74 bits per heavy atom. The Hall–Kier alpha value is -3.98. The molecule has 1 aliphatic heterocycles. The second-order valence-electron chi connectivity index (χ2n) is 9.14. The Labute approximate surface area is 221 Å². The van der Waals surface area contributed by atoms with Crippen LogP contribution in [0.1, 0.15) is 60.1 Å². The zero-order chi connectivity index (χ0) is 26.8. The molecule has 0 radical (unpaired) electrons. The van der Waals surface area contributed by atoms with Crippen molar-refractivity contribution in [2.75, 3.05) is 23.9 Å². The zero-order valence-corrected chi connectivity index (χ0v) is 21.5. The van der Waals surface area contributed by atoms with E-state index in [9.17, 15) is 18.4 Å². The van der Waals surface area contributed by atoms with Crippen LogP contribution in [-0.2, 0) is 4.79 Å². The Balaban J connectivity index is 1.54. The highest BCUT2D eigenvalue weighted by molar-refractivity contribution is 7.15. The molecule has 1 atom stereocenters. The fourth-order valence-electron chi connectivity index (χ4n) is 4.11. The van der Waals surface area contributed by atoms with Crippen LogP contribution in [0.15, 0.2) is 24.5 Å². The van der Waals surface area contributed by atoms with Crippen LogP contribution in [0.3, 0.4) is 0 Å². The number of alkyl halides is 2. The van der Waals surface area contributed by atoms with Crippen LogP contribution in [0.2, 0.25) is 0 Å². The van der Waals surface area contributed by atoms with Crippen molar-refractivity contribution in [3.05, 3.63) is 40.8 Å². The average Bonchev–Trinajstić information content (AvgIpc) is 3.65. The van der Waals surface area contributed by atoms with E-state index < -0.39 is 18.0 Å². The minimum absolute atomic E-state index is 0.0804. The molecule has 0 aromatic carbocycles. The number of nitrogens with one attached hydrogen (secondary N) is 1. The van der Waals surface area contributed by atoms with E-state index in [0.717, 1.165) is 37.0 Å². The van der Waals surface area contributed by atoms with Crippen molar-refractivity contribution in [1.29, 1.82) is 0 Å². The number of aromatic nitrogens is 4. The predicted molar refractivity (Wildman–Crippen MR) is 137 cm³/mol. The van der Waals surface area contributed by atoms with Crippen molar-refractivity contribution in [2.45, 2.75) is 39.0 Å². The van der Waals surface area contributed by atoms with Gasteiger partial charge in [-0.2, -0.15) is 0 Å². The lowest BCUT2D eigenvalue weighted by Crippen LogP contribution is -2.40. The maximum Gasteiger partial charge on any atom is 0.280 e. The van der Waals surface area contributed by atoms with E-state index in [1.165, 1.54) is 25.6 Å². The molecule has 196 valence electrons. The van der Waals surface area contributed by atoms with Gasteiger partial charge in [-0.25, -0.2) is 13.8 Å². The summed E-state index contributed by atoms with van der Waals surface area (Å²) in [7, 11) is 1.38. The fourth-order valence-corrected chi connectivity index (χ4v) is 4.71. The topological polar surface area (TPSA) is 110 Å². The van der Waals surface area contributed by atoms with Gasteiger partial charge in [0, 0.05) is 35.7 Å². The van der Waals surface area contributed by atoms with Crippen molar-refractivity contribution >= 4 is 34.1 Å². The second-order valence-corrected chi connectivity index (χ2v) is 10.1. The number of hydrogen-bond acceptors (Lipinski definition) is 8. The molecule has 0 bridgehead atoms. The summed E-state index contributed by atoms with van der Waals surface area (Å²) in [5.74, 6) is 6.12. The standard InChI is InChI=1S/C26H24F2N6O3S/c1-14-4-3-9-34(25(14)36)21-11-16(17-10-19(23(27)28)29-13-20(17)37-2)18(12-30-21)24(35)31-26-33-32-22(38-26)8-7-15-5-6-15/h10-15,23H,3-6,9H2,1-2H3,(H,31,33,35). The van der Waals surface area contributed by atoms with Crippen LogP contribution in [0.4, 0.5) is 19.7 Å². The zero-order valence-electron chi connectivity index (χ0n) is 20.7. The minimum atomic E-state index is -2.83. The first-order chi connectivity index (χ1) is 18.3. The molecular formula is C26H24F2N6O3S. The van der Waals surface area contributed by atoms with E-state index in [-0.39, 0.29) is 39.4 Å². The number of ether oxygens (including phenoxy) is 1. The summed E-state index contributed by atoms with van der Waals surface area (Å²) in [4.78, 5) is 35.9. The number of carbonyl (C=O) groups is 2. The van der Waals surface area contributed by atoms with Gasteiger partial charge >= 0.3 is 0 Å². The number of piperidine rings is 1. The molecule has 3 aromatic heterocycles. The molecule has 1 N–H and O–H groups in total. The van der Waals surface area contributed by atoms with Gasteiger partial charge in [0.05, 0.1) is 18.9 Å². The number of hydrogen-bond donors (Lipinski definition) is 1. The van der Waals surface area contributed by atoms with E-state index >= 15 is 0 Å². The maximum absolute atomic E-state index is 13.6. The van der Waals surface area contributed by atoms with E-state index in [2.05, 4.69) is 37.3 Å². The molecule has 4 heterocycles. The van der Waals surface area contributed by atoms with Crippen molar-refractivity contribution in [3.63, 3.8) is 0 Å². The minimum Gasteiger partial charge on any atom is -0.494 e. The van der Waals surface area contributed by atoms with Gasteiger partial charge in [-0.15, -0.1) is 10.2 Å². The smallest absolute Gasteiger partial charge is 0.280 e. The quantitative estimate of drug-likeness (QED) is 0.452. The first-order valence-corrected chi connectivity index (χ1v) is 13.0. The summed E-state index contributed by atoms with van der Waals surface area (Å²) in [6.45, 7) is 2.32. The summed E-state index contributed by atoms with van der Waals surface area (Å²) in [6, 6.07) is 2.72. The van der Waals surface area contributed by atoms with E-state index in [1.54, 1.807) is 11.0 Å². The number of methoxy groups -OCH3 is 1. The van der Waals surface area contributed by atoms with Crippen LogP contribution >= 0.6 is 11.3 Å². The average molecular weight is 539 g/mol. The molecule has 1 unspecified atom stereocenters. The third-order valence-electron chi connectivity index (χ3n) is 6.35. The normalized spacial score (nSPS) is 17.2. The molecule has 0 spiro atoms. The van der Waals surface area contributed by atoms with Gasteiger partial charge in [-0.1, -0.05) is 24.2 Å². The Bertz CT molecular complexity index is 1450. The molecule has 1 saturated carbocycles. The predicted octanol–water partition coefficient (Wildman–Crippen LogP) is 4.72. The summed E-state index contributed by atoms with van der Waals surface area (Å²) < 4.78 is 32.5. The summed E-state index contributed by atoms with van der Waals surface area (Å²) in [6.07, 6.45) is 3.39. The van der Waals surface area contributed by atoms with Crippen molar-refractivity contribution in [2.24, 2.45) is 11.8 Å². The highest BCUT2D eigenvalue weighted by Gasteiger charge is 2.29. The lowest BCUT2D eigenvalue weighted by molar-refractivity contribution is -0.123. The monoisotopic (exact) mass is 538 g/mol. The number of anilines is 2. The van der Waals surface area contributed by atoms with E-state index in [0.29, 0.717) is 23.3 Å². The fraction of sp³-hybridized carbons (Fsp3) is 0.385. The molecular weight excluding hydrogens is 514 g/mol. The van der Waals surface area contributed by atoms with Gasteiger partial charge in [-0.3, -0.25) is 24.8 Å². The van der Waals surface area contributed by atoms with Crippen LogP contribution < -0.4 is 15.0 Å². The summed E-state index contributed by atoms with van der Waals surface area (Å²) in [5.41, 5.74) is 0.0864. The van der Waals surface area contributed by atoms with Crippen LogP contribution in [0.25, 0.3) is 11.1 Å². The summed E-state index contributed by atoms with van der Waals surface area (Å²) >= 11 is 1.13. The van der Waals surface area contributed by atoms with Crippen molar-refractivity contribution in [1.82, 2.24) is 20.2 Å². The molecule has 2 amide bonds. The largest absolute Gasteiger partial charge is 0.494 e. The van der Waals surface area contributed by atoms with Crippen LogP contribution in [0.5, 0.6) is 5.75 Å². The molecule has 5 rings (SSSR count). The Morgan fingerprint density at radius 2 is 2.00 bits per heavy atom. The van der Waals surface area contributed by atoms with Gasteiger partial charge in [0.2, 0.25) is 11.0 Å². The van der Waals surface area contributed by atoms with Gasteiger partial charge < -0.3 is 4.74 Å². The summed E-state index contributed by atoms with van der Waals surface area (Å²) in [5, 5.41) is 11.4. The molecule has 9 nitrogen and oxygen atoms in total. The number of carbonyl (C=O) groups excluding carboxylic acids is 2.